The van der Waals surface area contributed by atoms with E-state index in [1.807, 2.05) is 30.3 Å². The average Bonchev–Trinajstić information content (AvgIpc) is 3.18. The van der Waals surface area contributed by atoms with Crippen molar-refractivity contribution >= 4 is 28.5 Å². The quantitative estimate of drug-likeness (QED) is 0.354. The van der Waals surface area contributed by atoms with Crippen LogP contribution in [0.4, 0.5) is 11.5 Å². The van der Waals surface area contributed by atoms with Gasteiger partial charge in [0, 0.05) is 12.6 Å². The molecule has 0 atom stereocenters. The van der Waals surface area contributed by atoms with Crippen LogP contribution in [-0.2, 0) is 0 Å². The highest BCUT2D eigenvalue weighted by molar-refractivity contribution is 5.90. The van der Waals surface area contributed by atoms with Gasteiger partial charge in [-0.3, -0.25) is 5.01 Å². The number of hydrazine groups is 1. The molecule has 1 aliphatic rings. The molecule has 8 nitrogen and oxygen atoms in total. The van der Waals surface area contributed by atoms with E-state index in [4.69, 9.17) is 4.99 Å². The van der Waals surface area contributed by atoms with E-state index in [-0.39, 0.29) is 5.54 Å². The normalized spacial score (nSPS) is 15.7. The average molecular weight is 364 g/mol. The lowest BCUT2D eigenvalue weighted by Gasteiger charge is -2.26. The number of aromatic amines is 1. The molecule has 2 aromatic heterocycles. The van der Waals surface area contributed by atoms with Crippen molar-refractivity contribution in [1.29, 1.82) is 0 Å². The molecule has 0 unspecified atom stereocenters. The molecule has 1 aromatic carbocycles. The van der Waals surface area contributed by atoms with Gasteiger partial charge in [-0.1, -0.05) is 18.2 Å². The lowest BCUT2D eigenvalue weighted by atomic mass is 10.2. The van der Waals surface area contributed by atoms with E-state index in [0.29, 0.717) is 18.0 Å². The molecular weight excluding hydrogens is 340 g/mol. The summed E-state index contributed by atoms with van der Waals surface area (Å²) in [6, 6.07) is 8.12. The molecule has 27 heavy (non-hydrogen) atoms. The van der Waals surface area contributed by atoms with E-state index in [1.54, 1.807) is 6.33 Å². The summed E-state index contributed by atoms with van der Waals surface area (Å²) in [6.45, 7) is 4.80. The molecule has 3 N–H and O–H groups in total. The van der Waals surface area contributed by atoms with E-state index in [9.17, 15) is 0 Å². The van der Waals surface area contributed by atoms with E-state index >= 15 is 0 Å². The zero-order chi connectivity index (χ0) is 18.9. The fraction of sp³-hybridized carbons (Fsp3) is 0.368. The third-order valence-corrected chi connectivity index (χ3v) is 4.83. The predicted octanol–water partition coefficient (Wildman–Crippen LogP) is 2.79. The van der Waals surface area contributed by atoms with E-state index in [0.717, 1.165) is 22.6 Å². The minimum atomic E-state index is 0.160. The minimum absolute atomic E-state index is 0.160. The van der Waals surface area contributed by atoms with Crippen LogP contribution in [0.3, 0.4) is 0 Å². The second kappa shape index (κ2) is 6.96. The summed E-state index contributed by atoms with van der Waals surface area (Å²) in [7, 11) is 2.01. The predicted molar refractivity (Wildman–Crippen MR) is 107 cm³/mol. The molecule has 0 spiro atoms. The Morgan fingerprint density at radius 2 is 2.07 bits per heavy atom. The van der Waals surface area contributed by atoms with Crippen LogP contribution in [0.1, 0.15) is 25.3 Å². The number of rotatable bonds is 6. The number of nitrogens with zero attached hydrogens (tertiary/aromatic N) is 5. The molecule has 8 heteroatoms. The first kappa shape index (κ1) is 17.4. The lowest BCUT2D eigenvalue weighted by Crippen LogP contribution is -2.48. The highest BCUT2D eigenvalue weighted by atomic mass is 15.5. The van der Waals surface area contributed by atoms with Crippen molar-refractivity contribution in [3.8, 4) is 0 Å². The number of hydrogen-bond acceptors (Lipinski definition) is 6. The Hall–Kier alpha value is -3.00. The molecule has 0 amide bonds. The Morgan fingerprint density at radius 1 is 1.26 bits per heavy atom. The van der Waals surface area contributed by atoms with Crippen LogP contribution in [0.2, 0.25) is 0 Å². The topological polar surface area (TPSA) is 94.1 Å². The first-order chi connectivity index (χ1) is 13.0. The minimum Gasteiger partial charge on any atom is -0.361 e. The second-order valence-electron chi connectivity index (χ2n) is 7.22. The first-order valence-corrected chi connectivity index (χ1v) is 9.07. The van der Waals surface area contributed by atoms with E-state index in [1.165, 1.54) is 19.2 Å². The summed E-state index contributed by atoms with van der Waals surface area (Å²) in [5.74, 6) is 1.59. The molecule has 140 valence electrons. The van der Waals surface area contributed by atoms with E-state index < -0.39 is 0 Å². The van der Waals surface area contributed by atoms with Gasteiger partial charge in [-0.05, 0) is 38.3 Å². The molecule has 1 saturated carbocycles. The van der Waals surface area contributed by atoms with Gasteiger partial charge in [0.15, 0.2) is 11.5 Å². The Morgan fingerprint density at radius 3 is 2.85 bits per heavy atom. The number of hydrogen-bond donors (Lipinski definition) is 3. The maximum absolute atomic E-state index is 4.90. The maximum atomic E-state index is 4.90. The molecule has 0 aliphatic heterocycles. The summed E-state index contributed by atoms with van der Waals surface area (Å²) in [5, 5.41) is 5.38. The summed E-state index contributed by atoms with van der Waals surface area (Å²) in [4.78, 5) is 20.6. The number of fused-ring (bicyclic) bond motifs is 1. The van der Waals surface area contributed by atoms with Crippen molar-refractivity contribution in [2.24, 2.45) is 4.99 Å². The highest BCUT2D eigenvalue weighted by Gasteiger charge is 2.38. The van der Waals surface area contributed by atoms with Crippen molar-refractivity contribution in [1.82, 2.24) is 30.4 Å². The molecule has 3 aromatic rings. The van der Waals surface area contributed by atoms with Gasteiger partial charge < -0.3 is 10.3 Å². The van der Waals surface area contributed by atoms with E-state index in [2.05, 4.69) is 50.6 Å². The van der Waals surface area contributed by atoms with Crippen LogP contribution in [-0.4, -0.2) is 49.9 Å². The van der Waals surface area contributed by atoms with Gasteiger partial charge in [0.25, 0.3) is 0 Å². The maximum Gasteiger partial charge on any atom is 0.182 e. The number of aryl methyl sites for hydroxylation is 1. The van der Waals surface area contributed by atoms with Crippen LogP contribution in [0.25, 0.3) is 11.2 Å². The van der Waals surface area contributed by atoms with Gasteiger partial charge in [-0.25, -0.2) is 25.4 Å². The number of aliphatic imine (C=N–C) groups is 1. The SMILES string of the molecule is Cc1ccccc1N=C(CNc1ncnc2nc[nH]c12)N(C)NC1(C)CC1. The summed E-state index contributed by atoms with van der Waals surface area (Å²) >= 11 is 0. The molecular formula is C19H24N8. The van der Waals surface area contributed by atoms with Crippen LogP contribution in [0.5, 0.6) is 0 Å². The van der Waals surface area contributed by atoms with Crippen LogP contribution in [0, 0.1) is 6.92 Å². The van der Waals surface area contributed by atoms with Crippen molar-refractivity contribution < 1.29 is 0 Å². The smallest absolute Gasteiger partial charge is 0.182 e. The molecule has 1 fully saturated rings. The van der Waals surface area contributed by atoms with Crippen molar-refractivity contribution in [3.63, 3.8) is 0 Å². The number of imidazole rings is 1. The van der Waals surface area contributed by atoms with Gasteiger partial charge in [0.05, 0.1) is 18.6 Å². The van der Waals surface area contributed by atoms with Crippen molar-refractivity contribution in [2.45, 2.75) is 32.2 Å². The van der Waals surface area contributed by atoms with Crippen molar-refractivity contribution in [2.75, 3.05) is 18.9 Å². The van der Waals surface area contributed by atoms with Crippen molar-refractivity contribution in [3.05, 3.63) is 42.5 Å². The number of anilines is 1. The zero-order valence-electron chi connectivity index (χ0n) is 15.8. The van der Waals surface area contributed by atoms with Crippen LogP contribution >= 0.6 is 0 Å². The third kappa shape index (κ3) is 3.90. The molecule has 0 radical (unpaired) electrons. The number of benzene rings is 1. The molecule has 0 saturated heterocycles. The molecule has 1 aliphatic carbocycles. The molecule has 2 heterocycles. The fourth-order valence-corrected chi connectivity index (χ4v) is 2.89. The van der Waals surface area contributed by atoms with Crippen LogP contribution in [0.15, 0.2) is 41.9 Å². The van der Waals surface area contributed by atoms with Gasteiger partial charge in [0.1, 0.15) is 17.7 Å². The van der Waals surface area contributed by atoms with Gasteiger partial charge in [0.2, 0.25) is 0 Å². The fourth-order valence-electron chi connectivity index (χ4n) is 2.89. The lowest BCUT2D eigenvalue weighted by molar-refractivity contribution is 0.299. The Kier molecular flexibility index (Phi) is 4.49. The first-order valence-electron chi connectivity index (χ1n) is 9.07. The third-order valence-electron chi connectivity index (χ3n) is 4.83. The summed E-state index contributed by atoms with van der Waals surface area (Å²) < 4.78 is 0. The number of amidine groups is 1. The largest absolute Gasteiger partial charge is 0.361 e. The highest BCUT2D eigenvalue weighted by Crippen LogP contribution is 2.34. The number of nitrogens with one attached hydrogen (secondary N) is 3. The van der Waals surface area contributed by atoms with Crippen LogP contribution < -0.4 is 10.7 Å². The number of likely N-dealkylation sites (N-methyl/N-ethyl adjacent to an activating group) is 1. The summed E-state index contributed by atoms with van der Waals surface area (Å²) in [6.07, 6.45) is 5.47. The number of para-hydroxylation sites is 1. The number of H-pyrrole nitrogens is 1. The molecule has 4 rings (SSSR count). The van der Waals surface area contributed by atoms with Gasteiger partial charge >= 0.3 is 0 Å². The second-order valence-corrected chi connectivity index (χ2v) is 7.22. The number of aromatic nitrogens is 4. The monoisotopic (exact) mass is 364 g/mol. The zero-order valence-corrected chi connectivity index (χ0v) is 15.8. The van der Waals surface area contributed by atoms with Gasteiger partial charge in [-0.2, -0.15) is 0 Å². The Labute approximate surface area is 158 Å². The summed E-state index contributed by atoms with van der Waals surface area (Å²) in [5.41, 5.74) is 7.23. The molecule has 0 bridgehead atoms. The Balaban J connectivity index is 1.59. The Bertz CT molecular complexity index is 973. The standard InChI is InChI=1S/C19H24N8/c1-13-6-4-5-7-14(13)25-15(27(3)26-19(2)8-9-19)10-20-17-16-18(22-11-21-16)24-12-23-17/h4-7,11-12,26H,8-10H2,1-3H3,(H2,20,21,22,23,24). The van der Waals surface area contributed by atoms with Gasteiger partial charge in [-0.15, -0.1) is 0 Å².